The molecule has 0 saturated carbocycles. The van der Waals surface area contributed by atoms with E-state index in [1.54, 1.807) is 12.1 Å². The predicted molar refractivity (Wildman–Crippen MR) is 107 cm³/mol. The largest absolute Gasteiger partial charge is 0.481 e. The third-order valence-corrected chi connectivity index (χ3v) is 6.13. The van der Waals surface area contributed by atoms with Gasteiger partial charge in [-0.25, -0.2) is 8.42 Å². The fourth-order valence-corrected chi connectivity index (χ4v) is 4.32. The number of nitrogens with zero attached hydrogens (tertiary/aromatic N) is 1. The predicted octanol–water partition coefficient (Wildman–Crippen LogP) is 3.70. The molecular weight excluding hydrogens is 374 g/mol. The summed E-state index contributed by atoms with van der Waals surface area (Å²) in [7, 11) is -3.76. The lowest BCUT2D eigenvalue weighted by molar-refractivity contribution is -0.136. The molecule has 0 aliphatic rings. The Bertz CT molecular complexity index is 976. The maximum absolute atomic E-state index is 13.3. The van der Waals surface area contributed by atoms with E-state index >= 15 is 0 Å². The minimum absolute atomic E-state index is 0.141. The van der Waals surface area contributed by atoms with E-state index in [0.717, 1.165) is 11.1 Å². The average Bonchev–Trinajstić information content (AvgIpc) is 2.69. The molecule has 0 radical (unpaired) electrons. The van der Waals surface area contributed by atoms with E-state index in [1.165, 1.54) is 16.4 Å². The number of carbonyl (C=O) groups is 1. The van der Waals surface area contributed by atoms with Crippen LogP contribution in [-0.2, 0) is 34.3 Å². The molecule has 0 bridgehead atoms. The molecule has 0 saturated heterocycles. The van der Waals surface area contributed by atoms with Crippen LogP contribution in [0.5, 0.6) is 0 Å². The number of benzene rings is 3. The molecule has 0 amide bonds. The van der Waals surface area contributed by atoms with Crippen molar-refractivity contribution < 1.29 is 18.3 Å². The number of carboxylic acids is 1. The van der Waals surface area contributed by atoms with Gasteiger partial charge < -0.3 is 5.11 Å². The van der Waals surface area contributed by atoms with E-state index in [-0.39, 0.29) is 24.4 Å². The topological polar surface area (TPSA) is 74.7 Å². The lowest BCUT2D eigenvalue weighted by Crippen LogP contribution is -2.30. The SMILES string of the molecule is O=C(O)Cc1ccc(S(=O)(=O)N(Cc2ccccc2)Cc2ccccc2)cc1. The van der Waals surface area contributed by atoms with Crippen LogP contribution >= 0.6 is 0 Å². The highest BCUT2D eigenvalue weighted by Crippen LogP contribution is 2.22. The van der Waals surface area contributed by atoms with Crippen LogP contribution < -0.4 is 0 Å². The van der Waals surface area contributed by atoms with Crippen molar-refractivity contribution in [1.82, 2.24) is 4.31 Å². The van der Waals surface area contributed by atoms with Crippen LogP contribution in [0.3, 0.4) is 0 Å². The van der Waals surface area contributed by atoms with Crippen molar-refractivity contribution in [2.45, 2.75) is 24.4 Å². The van der Waals surface area contributed by atoms with E-state index < -0.39 is 16.0 Å². The fourth-order valence-electron chi connectivity index (χ4n) is 2.90. The van der Waals surface area contributed by atoms with Gasteiger partial charge in [-0.2, -0.15) is 4.31 Å². The maximum Gasteiger partial charge on any atom is 0.307 e. The molecule has 0 aliphatic heterocycles. The first-order valence-electron chi connectivity index (χ1n) is 8.84. The monoisotopic (exact) mass is 395 g/mol. The number of hydrogen-bond acceptors (Lipinski definition) is 3. The lowest BCUT2D eigenvalue weighted by atomic mass is 10.2. The van der Waals surface area contributed by atoms with Gasteiger partial charge in [-0.15, -0.1) is 0 Å². The summed E-state index contributed by atoms with van der Waals surface area (Å²) in [6, 6.07) is 24.9. The van der Waals surface area contributed by atoms with Gasteiger partial charge in [0.05, 0.1) is 11.3 Å². The summed E-state index contributed by atoms with van der Waals surface area (Å²) in [5.74, 6) is -0.953. The Hall–Kier alpha value is -2.96. The molecular formula is C22H21NO4S. The number of carboxylic acid groups (broad SMARTS) is 1. The third kappa shape index (κ3) is 5.06. The summed E-state index contributed by atoms with van der Waals surface area (Å²) in [5.41, 5.74) is 2.35. The molecule has 5 nitrogen and oxygen atoms in total. The standard InChI is InChI=1S/C22H21NO4S/c24-22(25)15-18-11-13-21(14-12-18)28(26,27)23(16-19-7-3-1-4-8-19)17-20-9-5-2-6-10-20/h1-14H,15-17H2,(H,24,25). The van der Waals surface area contributed by atoms with E-state index in [2.05, 4.69) is 0 Å². The molecule has 1 N–H and O–H groups in total. The molecule has 0 aliphatic carbocycles. The molecule has 3 aromatic rings. The van der Waals surface area contributed by atoms with Crippen molar-refractivity contribution in [2.24, 2.45) is 0 Å². The lowest BCUT2D eigenvalue weighted by Gasteiger charge is -2.23. The number of rotatable bonds is 8. The quantitative estimate of drug-likeness (QED) is 0.631. The van der Waals surface area contributed by atoms with E-state index in [4.69, 9.17) is 5.11 Å². The number of sulfonamides is 1. The van der Waals surface area contributed by atoms with Crippen LogP contribution in [0.25, 0.3) is 0 Å². The van der Waals surface area contributed by atoms with Crippen LogP contribution in [0.15, 0.2) is 89.8 Å². The van der Waals surface area contributed by atoms with Gasteiger partial charge >= 0.3 is 5.97 Å². The maximum atomic E-state index is 13.3. The van der Waals surface area contributed by atoms with Crippen molar-refractivity contribution in [3.05, 3.63) is 102 Å². The Morgan fingerprint density at radius 1 is 0.714 bits per heavy atom. The van der Waals surface area contributed by atoms with Crippen molar-refractivity contribution >= 4 is 16.0 Å². The van der Waals surface area contributed by atoms with E-state index in [1.807, 2.05) is 60.7 Å². The third-order valence-electron chi connectivity index (χ3n) is 4.32. The molecule has 6 heteroatoms. The van der Waals surface area contributed by atoms with Gasteiger partial charge in [-0.3, -0.25) is 4.79 Å². The van der Waals surface area contributed by atoms with Gasteiger partial charge in [0.15, 0.2) is 0 Å². The van der Waals surface area contributed by atoms with Crippen molar-refractivity contribution in [3.63, 3.8) is 0 Å². The Labute approximate surface area is 164 Å². The molecule has 0 heterocycles. The zero-order valence-corrected chi connectivity index (χ0v) is 16.0. The van der Waals surface area contributed by atoms with Crippen LogP contribution in [0.2, 0.25) is 0 Å². The minimum atomic E-state index is -3.76. The summed E-state index contributed by atoms with van der Waals surface area (Å²) < 4.78 is 28.0. The second-order valence-corrected chi connectivity index (χ2v) is 8.40. The van der Waals surface area contributed by atoms with Crippen molar-refractivity contribution in [1.29, 1.82) is 0 Å². The molecule has 0 atom stereocenters. The van der Waals surface area contributed by atoms with E-state index in [0.29, 0.717) is 5.56 Å². The van der Waals surface area contributed by atoms with Crippen LogP contribution in [-0.4, -0.2) is 23.8 Å². The smallest absolute Gasteiger partial charge is 0.307 e. The second kappa shape index (κ2) is 8.82. The molecule has 3 aromatic carbocycles. The zero-order valence-electron chi connectivity index (χ0n) is 15.2. The highest BCUT2D eigenvalue weighted by atomic mass is 32.2. The second-order valence-electron chi connectivity index (χ2n) is 6.46. The molecule has 144 valence electrons. The Balaban J connectivity index is 1.91. The summed E-state index contributed by atoms with van der Waals surface area (Å²) in [4.78, 5) is 11.0. The molecule has 0 aromatic heterocycles. The summed E-state index contributed by atoms with van der Waals surface area (Å²) in [5, 5.41) is 8.89. The molecule has 0 fully saturated rings. The van der Waals surface area contributed by atoms with Gasteiger partial charge in [0, 0.05) is 13.1 Å². The average molecular weight is 395 g/mol. The first kappa shape index (κ1) is 19.8. The normalized spacial score (nSPS) is 11.5. The number of hydrogen-bond donors (Lipinski definition) is 1. The molecule has 28 heavy (non-hydrogen) atoms. The van der Waals surface area contributed by atoms with Gasteiger partial charge in [-0.05, 0) is 28.8 Å². The van der Waals surface area contributed by atoms with Crippen LogP contribution in [0.4, 0.5) is 0 Å². The zero-order chi connectivity index (χ0) is 20.0. The van der Waals surface area contributed by atoms with Crippen molar-refractivity contribution in [2.75, 3.05) is 0 Å². The minimum Gasteiger partial charge on any atom is -0.481 e. The summed E-state index contributed by atoms with van der Waals surface area (Å²) in [6.07, 6.45) is -0.141. The van der Waals surface area contributed by atoms with Gasteiger partial charge in [0.2, 0.25) is 10.0 Å². The van der Waals surface area contributed by atoms with E-state index in [9.17, 15) is 13.2 Å². The van der Waals surface area contributed by atoms with Gasteiger partial charge in [0.25, 0.3) is 0 Å². The first-order chi connectivity index (χ1) is 13.4. The van der Waals surface area contributed by atoms with Gasteiger partial charge in [-0.1, -0.05) is 72.8 Å². The Morgan fingerprint density at radius 2 is 1.18 bits per heavy atom. The summed E-state index contributed by atoms with van der Waals surface area (Å²) in [6.45, 7) is 0.490. The first-order valence-corrected chi connectivity index (χ1v) is 10.3. The molecule has 0 spiro atoms. The van der Waals surface area contributed by atoms with Gasteiger partial charge in [0.1, 0.15) is 0 Å². The number of aliphatic carboxylic acids is 1. The summed E-state index contributed by atoms with van der Waals surface area (Å²) >= 11 is 0. The van der Waals surface area contributed by atoms with Crippen molar-refractivity contribution in [3.8, 4) is 0 Å². The Kier molecular flexibility index (Phi) is 6.23. The molecule has 0 unspecified atom stereocenters. The highest BCUT2D eigenvalue weighted by molar-refractivity contribution is 7.89. The van der Waals surface area contributed by atoms with Crippen LogP contribution in [0.1, 0.15) is 16.7 Å². The van der Waals surface area contributed by atoms with Crippen LogP contribution in [0, 0.1) is 0 Å². The fraction of sp³-hybridized carbons (Fsp3) is 0.136. The highest BCUT2D eigenvalue weighted by Gasteiger charge is 2.25. The molecule has 3 rings (SSSR count). The Morgan fingerprint density at radius 3 is 1.61 bits per heavy atom.